The number of likely N-dealkylation sites (N-methyl/N-ethyl adjacent to an activating group) is 1. The second-order valence-corrected chi connectivity index (χ2v) is 18.2. The van der Waals surface area contributed by atoms with Gasteiger partial charge < -0.3 is 18.9 Å². The molecule has 0 aromatic heterocycles. The molecule has 0 aromatic rings. The van der Waals surface area contributed by atoms with Gasteiger partial charge in [-0.25, -0.2) is 4.57 Å². The minimum absolute atomic E-state index is 0.0865. The van der Waals surface area contributed by atoms with Crippen LogP contribution in [-0.2, 0) is 27.9 Å². The molecule has 0 saturated heterocycles. The van der Waals surface area contributed by atoms with E-state index in [9.17, 15) is 14.3 Å². The Morgan fingerprint density at radius 3 is 1.50 bits per heavy atom. The summed E-state index contributed by atoms with van der Waals surface area (Å²) in [5.74, 6) is -0.320. The van der Waals surface area contributed by atoms with Crippen LogP contribution in [0.25, 0.3) is 0 Å². The lowest BCUT2D eigenvalue weighted by molar-refractivity contribution is -0.870. The van der Waals surface area contributed by atoms with E-state index in [-0.39, 0.29) is 25.8 Å². The molecule has 330 valence electrons. The number of rotatable bonds is 43. The van der Waals surface area contributed by atoms with E-state index in [1.165, 1.54) is 141 Å². The second-order valence-electron chi connectivity index (χ2n) is 16.8. The fourth-order valence-corrected chi connectivity index (χ4v) is 7.02. The van der Waals surface area contributed by atoms with Gasteiger partial charge in [-0.05, 0) is 70.6 Å². The van der Waals surface area contributed by atoms with E-state index in [2.05, 4.69) is 50.3 Å². The standard InChI is InChI=1S/C47H90NO7P/c1-6-8-10-12-14-16-18-20-21-22-23-24-25-26-27-28-30-32-34-36-38-40-47(49)55-46(45-54-56(50,51)53-43-41-48(3,4)5)44-52-42-39-37-35-33-31-29-19-17-15-13-11-9-7-2/h15,17-18,20,22-23,46H,6-14,16,19,21,24-45H2,1-5H3/p+1/b17-15-,20-18-,23-22-. The fraction of sp³-hybridized carbons (Fsp3) is 0.851. The van der Waals surface area contributed by atoms with Crippen molar-refractivity contribution in [2.75, 3.05) is 54.1 Å². The number of allylic oxidation sites excluding steroid dienone is 6. The van der Waals surface area contributed by atoms with Crippen molar-refractivity contribution in [1.29, 1.82) is 0 Å². The minimum atomic E-state index is -4.28. The molecule has 0 spiro atoms. The Hall–Kier alpha value is -1.28. The molecule has 0 fully saturated rings. The summed E-state index contributed by atoms with van der Waals surface area (Å²) in [4.78, 5) is 22.9. The Labute approximate surface area is 346 Å². The second kappa shape index (κ2) is 40.5. The van der Waals surface area contributed by atoms with Gasteiger partial charge in [0, 0.05) is 13.0 Å². The van der Waals surface area contributed by atoms with Crippen molar-refractivity contribution in [2.45, 2.75) is 206 Å². The van der Waals surface area contributed by atoms with Crippen LogP contribution in [-0.4, -0.2) is 75.6 Å². The summed E-state index contributed by atoms with van der Waals surface area (Å²) in [6.07, 6.45) is 47.5. The highest BCUT2D eigenvalue weighted by molar-refractivity contribution is 7.47. The van der Waals surface area contributed by atoms with Gasteiger partial charge in [0.1, 0.15) is 19.3 Å². The molecular weight excluding hydrogens is 721 g/mol. The highest BCUT2D eigenvalue weighted by Gasteiger charge is 2.26. The Balaban J connectivity index is 4.18. The number of phosphoric ester groups is 1. The van der Waals surface area contributed by atoms with Crippen molar-refractivity contribution in [3.05, 3.63) is 36.5 Å². The lowest BCUT2D eigenvalue weighted by Gasteiger charge is -2.24. The molecule has 0 aliphatic carbocycles. The molecule has 0 radical (unpaired) electrons. The third-order valence-corrected chi connectivity index (χ3v) is 10.9. The predicted octanol–water partition coefficient (Wildman–Crippen LogP) is 13.8. The molecule has 0 rings (SSSR count). The zero-order chi connectivity index (χ0) is 41.3. The Morgan fingerprint density at radius 2 is 0.982 bits per heavy atom. The number of nitrogens with zero attached hydrogens (tertiary/aromatic N) is 1. The molecule has 0 saturated carbocycles. The van der Waals surface area contributed by atoms with Crippen LogP contribution >= 0.6 is 7.82 Å². The summed E-state index contributed by atoms with van der Waals surface area (Å²) >= 11 is 0. The first kappa shape index (κ1) is 54.7. The third kappa shape index (κ3) is 43.8. The number of ether oxygens (including phenoxy) is 2. The lowest BCUT2D eigenvalue weighted by Crippen LogP contribution is -2.37. The maximum atomic E-state index is 12.7. The summed E-state index contributed by atoms with van der Waals surface area (Å²) in [6, 6.07) is 0. The van der Waals surface area contributed by atoms with Gasteiger partial charge in [-0.1, -0.05) is 159 Å². The number of hydrogen-bond donors (Lipinski definition) is 1. The zero-order valence-corrected chi connectivity index (χ0v) is 38.3. The van der Waals surface area contributed by atoms with E-state index in [0.717, 1.165) is 38.5 Å². The van der Waals surface area contributed by atoms with Gasteiger partial charge in [-0.2, -0.15) is 0 Å². The largest absolute Gasteiger partial charge is 0.472 e. The first-order chi connectivity index (χ1) is 27.1. The molecule has 8 nitrogen and oxygen atoms in total. The van der Waals surface area contributed by atoms with Crippen LogP contribution in [0.5, 0.6) is 0 Å². The molecule has 2 unspecified atom stereocenters. The molecule has 0 aliphatic rings. The van der Waals surface area contributed by atoms with Gasteiger partial charge >= 0.3 is 13.8 Å². The first-order valence-electron chi connectivity index (χ1n) is 23.2. The summed E-state index contributed by atoms with van der Waals surface area (Å²) in [7, 11) is 1.66. The van der Waals surface area contributed by atoms with E-state index >= 15 is 0 Å². The number of esters is 1. The Bertz CT molecular complexity index is 994. The summed E-state index contributed by atoms with van der Waals surface area (Å²) in [6.45, 7) is 5.59. The maximum absolute atomic E-state index is 12.7. The molecular formula is C47H91NO7P+. The van der Waals surface area contributed by atoms with Gasteiger partial charge in [-0.3, -0.25) is 13.8 Å². The molecule has 0 amide bonds. The van der Waals surface area contributed by atoms with Gasteiger partial charge in [-0.15, -0.1) is 0 Å². The predicted molar refractivity (Wildman–Crippen MR) is 238 cm³/mol. The zero-order valence-electron chi connectivity index (χ0n) is 37.4. The third-order valence-electron chi connectivity index (χ3n) is 9.92. The highest BCUT2D eigenvalue weighted by Crippen LogP contribution is 2.43. The normalized spacial score (nSPS) is 14.0. The molecule has 1 N–H and O–H groups in total. The quantitative estimate of drug-likeness (QED) is 0.0215. The monoisotopic (exact) mass is 813 g/mol. The van der Waals surface area contributed by atoms with E-state index in [4.69, 9.17) is 18.5 Å². The number of quaternary nitrogens is 1. The molecule has 9 heteroatoms. The molecule has 56 heavy (non-hydrogen) atoms. The van der Waals surface area contributed by atoms with Crippen LogP contribution in [0.1, 0.15) is 200 Å². The van der Waals surface area contributed by atoms with Crippen LogP contribution in [0.2, 0.25) is 0 Å². The first-order valence-corrected chi connectivity index (χ1v) is 24.7. The molecule has 2 atom stereocenters. The maximum Gasteiger partial charge on any atom is 0.472 e. The van der Waals surface area contributed by atoms with Gasteiger partial charge in [0.2, 0.25) is 0 Å². The summed E-state index contributed by atoms with van der Waals surface area (Å²) in [5, 5.41) is 0. The number of hydrogen-bond acceptors (Lipinski definition) is 6. The van der Waals surface area contributed by atoms with E-state index in [1.54, 1.807) is 0 Å². The number of phosphoric acid groups is 1. The SMILES string of the molecule is CCCCC/C=C\CCCCCCCCOCC(COP(=O)(O)OCC[N+](C)(C)C)OC(=O)CCCCCCCCCCC/C=C\C/C=C\CCCCCCC. The number of carbonyl (C=O) groups excluding carboxylic acids is 1. The van der Waals surface area contributed by atoms with E-state index in [1.807, 2.05) is 21.1 Å². The van der Waals surface area contributed by atoms with Crippen LogP contribution in [0.4, 0.5) is 0 Å². The average Bonchev–Trinajstić information content (AvgIpc) is 3.15. The Kier molecular flexibility index (Phi) is 39.6. The van der Waals surface area contributed by atoms with Gasteiger partial charge in [0.15, 0.2) is 0 Å². The fourth-order valence-electron chi connectivity index (χ4n) is 6.28. The average molecular weight is 813 g/mol. The Morgan fingerprint density at radius 1 is 0.554 bits per heavy atom. The lowest BCUT2D eigenvalue weighted by atomic mass is 10.1. The smallest absolute Gasteiger partial charge is 0.457 e. The van der Waals surface area contributed by atoms with Crippen molar-refractivity contribution in [1.82, 2.24) is 0 Å². The topological polar surface area (TPSA) is 91.3 Å². The van der Waals surface area contributed by atoms with Gasteiger partial charge in [0.25, 0.3) is 0 Å². The number of unbranched alkanes of at least 4 members (excludes halogenated alkanes) is 23. The highest BCUT2D eigenvalue weighted by atomic mass is 31.2. The molecule has 0 heterocycles. The van der Waals surface area contributed by atoms with Crippen LogP contribution in [0.15, 0.2) is 36.5 Å². The molecule has 0 aromatic carbocycles. The van der Waals surface area contributed by atoms with Gasteiger partial charge in [0.05, 0.1) is 34.4 Å². The van der Waals surface area contributed by atoms with E-state index < -0.39 is 13.9 Å². The number of carbonyl (C=O) groups is 1. The van der Waals surface area contributed by atoms with Crippen molar-refractivity contribution >= 4 is 13.8 Å². The van der Waals surface area contributed by atoms with Crippen LogP contribution in [0, 0.1) is 0 Å². The van der Waals surface area contributed by atoms with Crippen molar-refractivity contribution < 1.29 is 37.3 Å². The molecule has 0 bridgehead atoms. The van der Waals surface area contributed by atoms with Crippen LogP contribution in [0.3, 0.4) is 0 Å². The minimum Gasteiger partial charge on any atom is -0.457 e. The van der Waals surface area contributed by atoms with Crippen LogP contribution < -0.4 is 0 Å². The van der Waals surface area contributed by atoms with Crippen molar-refractivity contribution in [3.63, 3.8) is 0 Å². The van der Waals surface area contributed by atoms with Crippen molar-refractivity contribution in [3.8, 4) is 0 Å². The van der Waals surface area contributed by atoms with E-state index in [0.29, 0.717) is 24.1 Å². The molecule has 0 aliphatic heterocycles. The summed E-state index contributed by atoms with van der Waals surface area (Å²) < 4.78 is 35.0. The summed E-state index contributed by atoms with van der Waals surface area (Å²) in [5.41, 5.74) is 0. The van der Waals surface area contributed by atoms with Crippen molar-refractivity contribution in [2.24, 2.45) is 0 Å².